The van der Waals surface area contributed by atoms with Crippen LogP contribution in [0.2, 0.25) is 10.0 Å². The SMILES string of the molecule is O=C(NCc1ncccn1)c1cnc(N2CCC3(CC3)C2)nc1NCc1ccc(CO)c(Cl)c1.O=C(O)c1cnc(N2CCC3(CC3)C2)nc1NCc1ccc(CO)c(Cl)c1. The highest BCUT2D eigenvalue weighted by atomic mass is 35.5. The molecule has 2 aliphatic carbocycles. The van der Waals surface area contributed by atoms with Gasteiger partial charge >= 0.3 is 5.97 Å². The summed E-state index contributed by atoms with van der Waals surface area (Å²) in [4.78, 5) is 55.1. The first-order valence-electron chi connectivity index (χ1n) is 20.3. The molecule has 5 heterocycles. The molecule has 4 aliphatic rings. The van der Waals surface area contributed by atoms with Crippen LogP contribution in [0.1, 0.15) is 87.3 Å². The number of nitrogens with one attached hydrogen (secondary N) is 3. The van der Waals surface area contributed by atoms with E-state index in [1.54, 1.807) is 48.9 Å². The van der Waals surface area contributed by atoms with Crippen LogP contribution >= 0.6 is 23.2 Å². The number of carbonyl (C=O) groups is 2. The van der Waals surface area contributed by atoms with E-state index in [1.807, 2.05) is 12.1 Å². The molecular weight excluding hydrogens is 821 g/mol. The monoisotopic (exact) mass is 867 g/mol. The highest BCUT2D eigenvalue weighted by molar-refractivity contribution is 6.31. The van der Waals surface area contributed by atoms with Crippen molar-refractivity contribution in [3.8, 4) is 0 Å². The van der Waals surface area contributed by atoms with Crippen LogP contribution in [-0.2, 0) is 32.8 Å². The van der Waals surface area contributed by atoms with Crippen LogP contribution in [0.5, 0.6) is 0 Å². The van der Waals surface area contributed by atoms with Crippen LogP contribution < -0.4 is 25.8 Å². The second-order valence-corrected chi connectivity index (χ2v) is 17.0. The van der Waals surface area contributed by atoms with Crippen molar-refractivity contribution in [3.63, 3.8) is 0 Å². The molecule has 0 bridgehead atoms. The molecule has 0 radical (unpaired) electrons. The molecule has 2 saturated heterocycles. The minimum atomic E-state index is -1.07. The van der Waals surface area contributed by atoms with E-state index in [0.717, 1.165) is 50.1 Å². The first kappa shape index (κ1) is 42.0. The molecule has 18 heteroatoms. The Morgan fingerprint density at radius 3 is 1.61 bits per heavy atom. The van der Waals surface area contributed by atoms with Crippen LogP contribution in [0.4, 0.5) is 23.5 Å². The third-order valence-corrected chi connectivity index (χ3v) is 12.6. The zero-order valence-corrected chi connectivity index (χ0v) is 35.0. The number of rotatable bonds is 14. The van der Waals surface area contributed by atoms with E-state index in [9.17, 15) is 24.9 Å². The lowest BCUT2D eigenvalue weighted by atomic mass is 10.1. The average Bonchev–Trinajstić information content (AvgIpc) is 4.12. The maximum atomic E-state index is 13.0. The Kier molecular flexibility index (Phi) is 12.5. The van der Waals surface area contributed by atoms with E-state index in [-0.39, 0.29) is 31.2 Å². The standard InChI is InChI=1S/C24H26ClN7O2.C19H21ClN4O3/c25-19-10-16(2-3-17(19)14-33)11-28-21-18(22(34)29-13-20-26-7-1-8-27-20)12-30-23(31-21)32-9-6-24(15-32)4-5-24;20-15-7-12(1-2-13(15)10-25)8-21-16-14(17(26)27)9-22-18(23-16)24-6-5-19(11-24)3-4-19/h1-3,7-8,10,12,33H,4-6,9,11,13-15H2,(H,29,34)(H,28,30,31);1-2,7,9,25H,3-6,8,10-11H2,(H,26,27)(H,21,22,23). The molecule has 2 saturated carbocycles. The molecule has 3 aromatic heterocycles. The van der Waals surface area contributed by atoms with Gasteiger partial charge in [-0.15, -0.1) is 0 Å². The van der Waals surface area contributed by atoms with Gasteiger partial charge < -0.3 is 41.1 Å². The number of aromatic carboxylic acids is 1. The summed E-state index contributed by atoms with van der Waals surface area (Å²) in [6.07, 6.45) is 13.6. The van der Waals surface area contributed by atoms with Crippen LogP contribution in [0, 0.1) is 10.8 Å². The van der Waals surface area contributed by atoms with E-state index >= 15 is 0 Å². The fourth-order valence-corrected chi connectivity index (χ4v) is 8.25. The molecule has 0 unspecified atom stereocenters. The van der Waals surface area contributed by atoms with Gasteiger partial charge in [0.2, 0.25) is 11.9 Å². The van der Waals surface area contributed by atoms with Gasteiger partial charge in [-0.25, -0.2) is 24.7 Å². The first-order chi connectivity index (χ1) is 29.5. The maximum Gasteiger partial charge on any atom is 0.341 e. The molecule has 318 valence electrons. The van der Waals surface area contributed by atoms with Gasteiger partial charge in [0, 0.05) is 74.1 Å². The molecule has 61 heavy (non-hydrogen) atoms. The number of aromatic nitrogens is 6. The van der Waals surface area contributed by atoms with Gasteiger partial charge in [-0.1, -0.05) is 47.5 Å². The minimum Gasteiger partial charge on any atom is -0.477 e. The highest BCUT2D eigenvalue weighted by Gasteiger charge is 2.49. The Morgan fingerprint density at radius 2 is 1.16 bits per heavy atom. The molecule has 9 rings (SSSR count). The summed E-state index contributed by atoms with van der Waals surface area (Å²) in [6.45, 7) is 4.47. The summed E-state index contributed by atoms with van der Waals surface area (Å²) in [6, 6.07) is 12.5. The van der Waals surface area contributed by atoms with Crippen LogP contribution in [0.25, 0.3) is 0 Å². The normalized spacial score (nSPS) is 16.6. The Hall–Kier alpha value is -5.68. The second-order valence-electron chi connectivity index (χ2n) is 16.2. The van der Waals surface area contributed by atoms with Gasteiger partial charge in [0.1, 0.15) is 28.6 Å². The number of aliphatic hydroxyl groups is 2. The van der Waals surface area contributed by atoms with Gasteiger partial charge in [-0.05, 0) is 89.8 Å². The molecule has 6 N–H and O–H groups in total. The number of hydrogen-bond donors (Lipinski definition) is 6. The van der Waals surface area contributed by atoms with Crippen LogP contribution in [0.3, 0.4) is 0 Å². The number of nitrogens with zero attached hydrogens (tertiary/aromatic N) is 8. The summed E-state index contributed by atoms with van der Waals surface area (Å²) in [7, 11) is 0. The third kappa shape index (κ3) is 10.1. The van der Waals surface area contributed by atoms with E-state index < -0.39 is 5.97 Å². The van der Waals surface area contributed by atoms with Crippen molar-refractivity contribution in [2.45, 2.75) is 71.4 Å². The number of carboxylic acids is 1. The van der Waals surface area contributed by atoms with E-state index in [1.165, 1.54) is 31.9 Å². The quantitative estimate of drug-likeness (QED) is 0.0770. The summed E-state index contributed by atoms with van der Waals surface area (Å²) in [5.41, 5.74) is 4.35. The van der Waals surface area contributed by atoms with Gasteiger partial charge in [-0.3, -0.25) is 4.79 Å². The molecular formula is C43H47Cl2N11O5. The number of hydrogen-bond acceptors (Lipinski definition) is 14. The van der Waals surface area contributed by atoms with Crippen LogP contribution in [-0.4, -0.2) is 83.3 Å². The lowest BCUT2D eigenvalue weighted by Crippen LogP contribution is -2.27. The van der Waals surface area contributed by atoms with E-state index in [0.29, 0.717) is 80.0 Å². The average molecular weight is 869 g/mol. The second kappa shape index (κ2) is 18.1. The Bertz CT molecular complexity index is 2400. The first-order valence-corrected chi connectivity index (χ1v) is 21.1. The largest absolute Gasteiger partial charge is 0.477 e. The maximum absolute atomic E-state index is 13.0. The van der Waals surface area contributed by atoms with Crippen LogP contribution in [0.15, 0.2) is 67.3 Å². The number of carbonyl (C=O) groups excluding carboxylic acids is 1. The van der Waals surface area contributed by atoms with Crippen molar-refractivity contribution in [1.82, 2.24) is 35.2 Å². The molecule has 1 amide bonds. The summed E-state index contributed by atoms with van der Waals surface area (Å²) >= 11 is 12.4. The van der Waals surface area contributed by atoms with Gasteiger partial charge in [0.05, 0.1) is 19.8 Å². The molecule has 0 atom stereocenters. The van der Waals surface area contributed by atoms with Crippen molar-refractivity contribution < 1.29 is 24.9 Å². The lowest BCUT2D eigenvalue weighted by Gasteiger charge is -2.19. The Morgan fingerprint density at radius 1 is 0.672 bits per heavy atom. The van der Waals surface area contributed by atoms with E-state index in [2.05, 4.69) is 50.7 Å². The van der Waals surface area contributed by atoms with E-state index in [4.69, 9.17) is 28.2 Å². The zero-order chi connectivity index (χ0) is 42.6. The third-order valence-electron chi connectivity index (χ3n) is 11.9. The zero-order valence-electron chi connectivity index (χ0n) is 33.4. The number of halogens is 2. The molecule has 4 fully saturated rings. The fraction of sp³-hybridized carbons (Fsp3) is 0.395. The number of aliphatic hydroxyl groups excluding tert-OH is 2. The molecule has 2 spiro atoms. The van der Waals surface area contributed by atoms with Gasteiger partial charge in [-0.2, -0.15) is 9.97 Å². The molecule has 2 aliphatic heterocycles. The Balaban J connectivity index is 0.000000173. The summed E-state index contributed by atoms with van der Waals surface area (Å²) in [5, 5.41) is 38.2. The summed E-state index contributed by atoms with van der Waals surface area (Å²) < 4.78 is 0. The smallest absolute Gasteiger partial charge is 0.341 e. The molecule has 5 aromatic rings. The summed E-state index contributed by atoms with van der Waals surface area (Å²) in [5.74, 6) is 1.09. The van der Waals surface area contributed by atoms with Crippen molar-refractivity contribution in [3.05, 3.63) is 117 Å². The van der Waals surface area contributed by atoms with Crippen molar-refractivity contribution in [1.29, 1.82) is 0 Å². The van der Waals surface area contributed by atoms with Crippen molar-refractivity contribution in [2.24, 2.45) is 10.8 Å². The fourth-order valence-electron chi connectivity index (χ4n) is 7.73. The predicted octanol–water partition coefficient (Wildman–Crippen LogP) is 5.87. The van der Waals surface area contributed by atoms with Crippen molar-refractivity contribution >= 4 is 58.6 Å². The topological polar surface area (TPSA) is 215 Å². The highest BCUT2D eigenvalue weighted by Crippen LogP contribution is 2.54. The van der Waals surface area contributed by atoms with Gasteiger partial charge in [0.15, 0.2) is 0 Å². The number of benzene rings is 2. The molecule has 2 aromatic carbocycles. The number of amides is 1. The van der Waals surface area contributed by atoms with Gasteiger partial charge in [0.25, 0.3) is 5.91 Å². The van der Waals surface area contributed by atoms with Crippen molar-refractivity contribution in [2.75, 3.05) is 46.6 Å². The number of anilines is 4. The number of carboxylic acid groups (broad SMARTS) is 1. The predicted molar refractivity (Wildman–Crippen MR) is 231 cm³/mol. The molecule has 16 nitrogen and oxygen atoms in total. The Labute approximate surface area is 362 Å². The minimum absolute atomic E-state index is 0.0390. The lowest BCUT2D eigenvalue weighted by molar-refractivity contribution is 0.0696.